The standard InChI is InChI=1S/C39H58FN2O3.C18H36O2.HI/c1-4-5-6-7-8-9-10-11-12-13-14-15-16-17-18-20-38(43)44-32-42(2,3)28-19-27-39(35-22-24-36(40)25-23-35)37-26-21-33(30-41)29-34(37)31-45-39;1-2-3-4-5-6-7-8-9-10-11-12-13-14-15-16-17-18(19)20;/h21-26,29H,4-20,27-28,31-32H2,1-3H3;2-17H2,1H3,(H,19,20);1H/q+1;;/p-1. The van der Waals surface area contributed by atoms with Crippen LogP contribution < -0.4 is 5.11 Å². The second kappa shape index (κ2) is 39.3. The van der Waals surface area contributed by atoms with Crippen molar-refractivity contribution < 1.29 is 33.0 Å². The minimum Gasteiger partial charge on any atom is -0.550 e. The fourth-order valence-electron chi connectivity index (χ4n) is 9.19. The summed E-state index contributed by atoms with van der Waals surface area (Å²) in [6.45, 7) is 6.09. The molecular weight excluding hydrogens is 939 g/mol. The number of rotatable bonds is 39. The van der Waals surface area contributed by atoms with Crippen LogP contribution in [0.3, 0.4) is 0 Å². The molecule has 0 saturated carbocycles. The van der Waals surface area contributed by atoms with Crippen LogP contribution in [-0.2, 0) is 31.3 Å². The first-order valence-electron chi connectivity index (χ1n) is 26.7. The number of fused-ring (bicyclic) bond motifs is 1. The van der Waals surface area contributed by atoms with Gasteiger partial charge in [0.05, 0.1) is 38.9 Å². The Labute approximate surface area is 420 Å². The van der Waals surface area contributed by atoms with Crippen LogP contribution in [0.4, 0.5) is 4.39 Å². The zero-order chi connectivity index (χ0) is 47.3. The third-order valence-electron chi connectivity index (χ3n) is 13.3. The lowest BCUT2D eigenvalue weighted by Crippen LogP contribution is -2.43. The van der Waals surface area contributed by atoms with Gasteiger partial charge >= 0.3 is 5.97 Å². The Hall–Kier alpha value is -2.55. The molecule has 0 radical (unpaired) electrons. The summed E-state index contributed by atoms with van der Waals surface area (Å²) < 4.78 is 26.5. The van der Waals surface area contributed by atoms with Crippen molar-refractivity contribution in [2.45, 2.75) is 244 Å². The Morgan fingerprint density at radius 2 is 1.08 bits per heavy atom. The van der Waals surface area contributed by atoms with Gasteiger partial charge in [0.15, 0.2) is 0 Å². The fraction of sp³-hybridized carbons (Fsp3) is 0.737. The molecule has 376 valence electrons. The van der Waals surface area contributed by atoms with Gasteiger partial charge in [-0.1, -0.05) is 212 Å². The van der Waals surface area contributed by atoms with E-state index in [0.29, 0.717) is 36.2 Å². The molecular formula is C57H94FIN2O5. The van der Waals surface area contributed by atoms with E-state index in [1.54, 1.807) is 12.1 Å². The number of aliphatic carboxylic acids is 1. The molecule has 0 spiro atoms. The summed E-state index contributed by atoms with van der Waals surface area (Å²) >= 11 is 0. The van der Waals surface area contributed by atoms with Crippen LogP contribution in [0, 0.1) is 17.1 Å². The number of esters is 1. The summed E-state index contributed by atoms with van der Waals surface area (Å²) in [7, 11) is 4.15. The van der Waals surface area contributed by atoms with Gasteiger partial charge in [0, 0.05) is 18.8 Å². The number of carbonyl (C=O) groups is 2. The lowest BCUT2D eigenvalue weighted by molar-refractivity contribution is -0.907. The van der Waals surface area contributed by atoms with E-state index < -0.39 is 11.6 Å². The average molecular weight is 1030 g/mol. The molecule has 2 aromatic rings. The lowest BCUT2D eigenvalue weighted by atomic mass is 9.81. The number of hydrogen-bond donors (Lipinski definition) is 0. The van der Waals surface area contributed by atoms with Crippen molar-refractivity contribution in [3.63, 3.8) is 0 Å². The highest BCUT2D eigenvalue weighted by molar-refractivity contribution is 14.0. The second-order valence-electron chi connectivity index (χ2n) is 19.8. The van der Waals surface area contributed by atoms with Crippen molar-refractivity contribution in [1.82, 2.24) is 0 Å². The van der Waals surface area contributed by atoms with Crippen LogP contribution in [-0.4, -0.2) is 43.8 Å². The van der Waals surface area contributed by atoms with Crippen molar-refractivity contribution in [3.05, 3.63) is 70.5 Å². The van der Waals surface area contributed by atoms with E-state index in [1.807, 2.05) is 18.2 Å². The van der Waals surface area contributed by atoms with E-state index in [1.165, 1.54) is 179 Å². The van der Waals surface area contributed by atoms with Crippen LogP contribution in [0.25, 0.3) is 0 Å². The van der Waals surface area contributed by atoms with E-state index in [2.05, 4.69) is 34.0 Å². The minimum absolute atomic E-state index is 0. The highest BCUT2D eigenvalue weighted by atomic mass is 127. The molecule has 1 unspecified atom stereocenters. The van der Waals surface area contributed by atoms with E-state index in [9.17, 15) is 24.3 Å². The summed E-state index contributed by atoms with van der Waals surface area (Å²) in [4.78, 5) is 22.7. The van der Waals surface area contributed by atoms with E-state index in [-0.39, 0.29) is 42.2 Å². The molecule has 2 aromatic carbocycles. The highest BCUT2D eigenvalue weighted by Crippen LogP contribution is 2.45. The maximum absolute atomic E-state index is 13.8. The quantitative estimate of drug-likeness (QED) is 0.0217. The molecule has 0 N–H and O–H groups in total. The predicted molar refractivity (Wildman–Crippen MR) is 280 cm³/mol. The van der Waals surface area contributed by atoms with E-state index in [4.69, 9.17) is 9.47 Å². The number of ether oxygens (including phenoxy) is 2. The van der Waals surface area contributed by atoms with Crippen molar-refractivity contribution in [2.75, 3.05) is 27.4 Å². The lowest BCUT2D eigenvalue weighted by Gasteiger charge is -2.33. The van der Waals surface area contributed by atoms with Crippen LogP contribution in [0.2, 0.25) is 0 Å². The molecule has 1 heterocycles. The zero-order valence-corrected chi connectivity index (χ0v) is 44.8. The Morgan fingerprint density at radius 1 is 0.652 bits per heavy atom. The van der Waals surface area contributed by atoms with Crippen LogP contribution in [0.1, 0.15) is 254 Å². The van der Waals surface area contributed by atoms with E-state index in [0.717, 1.165) is 55.3 Å². The number of carboxylic acids is 1. The monoisotopic (exact) mass is 1030 g/mol. The molecule has 0 saturated heterocycles. The second-order valence-corrected chi connectivity index (χ2v) is 19.8. The number of halogens is 2. The van der Waals surface area contributed by atoms with Gasteiger partial charge < -0.3 is 19.4 Å². The summed E-state index contributed by atoms with van der Waals surface area (Å²) in [6.07, 6.45) is 41.5. The van der Waals surface area contributed by atoms with Crippen molar-refractivity contribution >= 4 is 35.9 Å². The number of benzene rings is 2. The molecule has 0 fully saturated rings. The average Bonchev–Trinajstić information content (AvgIpc) is 3.66. The van der Waals surface area contributed by atoms with Gasteiger partial charge in [-0.05, 0) is 66.6 Å². The molecule has 0 amide bonds. The first-order valence-corrected chi connectivity index (χ1v) is 26.7. The molecule has 7 nitrogen and oxygen atoms in total. The van der Waals surface area contributed by atoms with Gasteiger partial charge in [0.1, 0.15) is 11.4 Å². The molecule has 0 bridgehead atoms. The minimum atomic E-state index is -0.903. The maximum atomic E-state index is 13.8. The zero-order valence-electron chi connectivity index (χ0n) is 42.4. The fourth-order valence-corrected chi connectivity index (χ4v) is 9.19. The number of carbonyl (C=O) groups excluding carboxylic acids is 2. The van der Waals surface area contributed by atoms with Crippen LogP contribution in [0.15, 0.2) is 42.5 Å². The molecule has 66 heavy (non-hydrogen) atoms. The Bertz CT molecular complexity index is 1560. The van der Waals surface area contributed by atoms with Crippen LogP contribution in [0.5, 0.6) is 0 Å². The SMILES string of the molecule is CCCCCCCCCCCCCCCCCC(=O)OC[N+](C)(C)CCCC1(c2ccc(F)cc2)OCc2cc(C#N)ccc21.CCCCCCCCCCCCCCCCCC(=O)[O-].I. The number of carboxylic acid groups (broad SMARTS) is 1. The molecule has 0 aliphatic carbocycles. The summed E-state index contributed by atoms with van der Waals surface area (Å²) in [6, 6.07) is 14.4. The molecule has 9 heteroatoms. The Morgan fingerprint density at radius 3 is 1.50 bits per heavy atom. The topological polar surface area (TPSA) is 99.5 Å². The first kappa shape index (κ1) is 61.5. The Kier molecular flexibility index (Phi) is 36.6. The molecule has 1 aliphatic heterocycles. The number of nitrogens with zero attached hydrogens (tertiary/aromatic N) is 2. The van der Waals surface area contributed by atoms with Gasteiger partial charge in [-0.3, -0.25) is 9.28 Å². The molecule has 1 aliphatic rings. The number of unbranched alkanes of at least 4 members (excludes halogenated alkanes) is 28. The third-order valence-corrected chi connectivity index (χ3v) is 13.3. The molecule has 0 aromatic heterocycles. The number of nitriles is 1. The smallest absolute Gasteiger partial charge is 0.310 e. The van der Waals surface area contributed by atoms with E-state index >= 15 is 0 Å². The van der Waals surface area contributed by atoms with Crippen molar-refractivity contribution in [3.8, 4) is 6.07 Å². The largest absolute Gasteiger partial charge is 0.550 e. The van der Waals surface area contributed by atoms with Crippen molar-refractivity contribution in [2.24, 2.45) is 0 Å². The summed E-state index contributed by atoms with van der Waals surface area (Å²) in [5.74, 6) is -1.30. The predicted octanol–water partition coefficient (Wildman–Crippen LogP) is 15.7. The normalized spacial score (nSPS) is 14.2. The highest BCUT2D eigenvalue weighted by Gasteiger charge is 2.42. The maximum Gasteiger partial charge on any atom is 0.310 e. The summed E-state index contributed by atoms with van der Waals surface area (Å²) in [5, 5.41) is 19.6. The third kappa shape index (κ3) is 28.7. The van der Waals surface area contributed by atoms with Gasteiger partial charge in [-0.2, -0.15) is 5.26 Å². The van der Waals surface area contributed by atoms with Gasteiger partial charge in [0.2, 0.25) is 6.73 Å². The summed E-state index contributed by atoms with van der Waals surface area (Å²) in [5.41, 5.74) is 2.86. The first-order chi connectivity index (χ1) is 31.6. The van der Waals surface area contributed by atoms with Gasteiger partial charge in [-0.25, -0.2) is 4.39 Å². The van der Waals surface area contributed by atoms with Crippen molar-refractivity contribution in [1.29, 1.82) is 5.26 Å². The Balaban J connectivity index is 0.000000875. The number of quaternary nitrogens is 1. The van der Waals surface area contributed by atoms with Gasteiger partial charge in [0.25, 0.3) is 0 Å². The molecule has 1 atom stereocenters. The van der Waals surface area contributed by atoms with Gasteiger partial charge in [-0.15, -0.1) is 24.0 Å². The molecule has 3 rings (SSSR count). The number of hydrogen-bond acceptors (Lipinski definition) is 6. The van der Waals surface area contributed by atoms with Crippen LogP contribution >= 0.6 is 24.0 Å².